The van der Waals surface area contributed by atoms with E-state index < -0.39 is 7.05 Å². The first-order valence-electron chi connectivity index (χ1n) is 9.47. The number of ether oxygens (including phenoxy) is 2. The van der Waals surface area contributed by atoms with E-state index in [4.69, 9.17) is 9.47 Å². The van der Waals surface area contributed by atoms with Crippen LogP contribution in [0.3, 0.4) is 0 Å². The Bertz CT molecular complexity index is 733. The fourth-order valence-corrected chi connectivity index (χ4v) is 4.64. The fraction of sp³-hybridized carbons (Fsp3) is 0.524. The van der Waals surface area contributed by atoms with Gasteiger partial charge >= 0.3 is 7.05 Å². The van der Waals surface area contributed by atoms with Crippen molar-refractivity contribution in [3.05, 3.63) is 40.5 Å². The van der Waals surface area contributed by atoms with Crippen molar-refractivity contribution in [2.75, 3.05) is 14.2 Å². The van der Waals surface area contributed by atoms with E-state index in [2.05, 4.69) is 31.2 Å². The SMILES string of the molecule is C/C=C/c1cc(C)c(C2=C(C)C3(CCC(OC)CC3)NB2O)c(OC)c1. The van der Waals surface area contributed by atoms with Crippen LogP contribution < -0.4 is 9.96 Å². The summed E-state index contributed by atoms with van der Waals surface area (Å²) in [7, 11) is 2.81. The monoisotopic (exact) mass is 355 g/mol. The van der Waals surface area contributed by atoms with Crippen molar-refractivity contribution in [1.82, 2.24) is 5.23 Å². The number of rotatable bonds is 4. The van der Waals surface area contributed by atoms with E-state index in [1.165, 1.54) is 5.57 Å². The number of methoxy groups -OCH3 is 2. The molecular weight excluding hydrogens is 325 g/mol. The van der Waals surface area contributed by atoms with Crippen LogP contribution in [-0.2, 0) is 4.74 Å². The van der Waals surface area contributed by atoms with E-state index in [9.17, 15) is 5.02 Å². The largest absolute Gasteiger partial charge is 0.496 e. The van der Waals surface area contributed by atoms with Crippen LogP contribution in [0.5, 0.6) is 5.75 Å². The van der Waals surface area contributed by atoms with Gasteiger partial charge in [0.1, 0.15) is 5.75 Å². The summed E-state index contributed by atoms with van der Waals surface area (Å²) in [6, 6.07) is 4.19. The molecule has 1 aromatic carbocycles. The molecule has 1 spiro atoms. The van der Waals surface area contributed by atoms with E-state index in [-0.39, 0.29) is 5.54 Å². The summed E-state index contributed by atoms with van der Waals surface area (Å²) >= 11 is 0. The van der Waals surface area contributed by atoms with Crippen LogP contribution in [0.25, 0.3) is 11.5 Å². The Hall–Kier alpha value is -1.56. The van der Waals surface area contributed by atoms with Gasteiger partial charge in [0.2, 0.25) is 0 Å². The molecule has 1 fully saturated rings. The number of allylic oxidation sites excluding steroid dienone is 1. The molecule has 1 saturated carbocycles. The maximum Gasteiger partial charge on any atom is 0.414 e. The summed E-state index contributed by atoms with van der Waals surface area (Å²) in [5.41, 5.74) is 5.32. The Kier molecular flexibility index (Phi) is 5.61. The molecule has 2 N–H and O–H groups in total. The topological polar surface area (TPSA) is 50.7 Å². The molecule has 140 valence electrons. The highest BCUT2D eigenvalue weighted by atomic mass is 16.5. The summed E-state index contributed by atoms with van der Waals surface area (Å²) in [4.78, 5) is 0. The number of hydrogen-bond donors (Lipinski definition) is 2. The highest BCUT2D eigenvalue weighted by Gasteiger charge is 2.47. The van der Waals surface area contributed by atoms with Crippen LogP contribution in [0.4, 0.5) is 0 Å². The second kappa shape index (κ2) is 7.59. The minimum Gasteiger partial charge on any atom is -0.496 e. The molecule has 4 nitrogen and oxygen atoms in total. The zero-order valence-corrected chi connectivity index (χ0v) is 16.6. The molecule has 1 aromatic rings. The first kappa shape index (κ1) is 19.2. The Balaban J connectivity index is 2.05. The van der Waals surface area contributed by atoms with Gasteiger partial charge in [0.25, 0.3) is 0 Å². The lowest BCUT2D eigenvalue weighted by Gasteiger charge is -2.39. The van der Waals surface area contributed by atoms with Crippen molar-refractivity contribution in [2.45, 2.75) is 58.1 Å². The summed E-state index contributed by atoms with van der Waals surface area (Å²) in [5.74, 6) is 0.816. The first-order valence-corrected chi connectivity index (χ1v) is 9.47. The van der Waals surface area contributed by atoms with Gasteiger partial charge in [-0.05, 0) is 69.1 Å². The molecule has 26 heavy (non-hydrogen) atoms. The average Bonchev–Trinajstić information content (AvgIpc) is 2.86. The van der Waals surface area contributed by atoms with Crippen molar-refractivity contribution in [3.8, 4) is 5.75 Å². The summed E-state index contributed by atoms with van der Waals surface area (Å²) in [6.07, 6.45) is 8.40. The molecule has 0 atom stereocenters. The normalized spacial score (nSPS) is 26.4. The first-order chi connectivity index (χ1) is 12.5. The Morgan fingerprint density at radius 1 is 1.23 bits per heavy atom. The van der Waals surface area contributed by atoms with Gasteiger partial charge < -0.3 is 19.7 Å². The standard InChI is InChI=1S/C21H30BNO3/c1-6-7-16-12-14(2)19(18(13-16)26-5)20-15(3)21(23-22(20)24)10-8-17(25-4)9-11-21/h6-7,12-13,17,23-24H,8-11H2,1-5H3/b7-6+. The third-order valence-corrected chi connectivity index (χ3v) is 6.10. The van der Waals surface area contributed by atoms with Gasteiger partial charge in [0, 0.05) is 18.2 Å². The number of benzene rings is 1. The molecule has 0 saturated heterocycles. The van der Waals surface area contributed by atoms with Crippen LogP contribution in [0.1, 0.15) is 56.2 Å². The minimum atomic E-state index is -0.672. The lowest BCUT2D eigenvalue weighted by Crippen LogP contribution is -2.51. The number of aryl methyl sites for hydroxylation is 1. The lowest BCUT2D eigenvalue weighted by atomic mass is 9.69. The van der Waals surface area contributed by atoms with Crippen molar-refractivity contribution in [2.24, 2.45) is 0 Å². The second-order valence-electron chi connectivity index (χ2n) is 7.52. The van der Waals surface area contributed by atoms with E-state index in [0.29, 0.717) is 6.10 Å². The van der Waals surface area contributed by atoms with Crippen molar-refractivity contribution >= 4 is 18.6 Å². The molecule has 1 aliphatic carbocycles. The Morgan fingerprint density at radius 3 is 2.50 bits per heavy atom. The predicted octanol–water partition coefficient (Wildman–Crippen LogP) is 3.76. The second-order valence-corrected chi connectivity index (χ2v) is 7.52. The van der Waals surface area contributed by atoms with E-state index in [0.717, 1.165) is 53.6 Å². The highest BCUT2D eigenvalue weighted by Crippen LogP contribution is 2.45. The predicted molar refractivity (Wildman–Crippen MR) is 108 cm³/mol. The Morgan fingerprint density at radius 2 is 1.92 bits per heavy atom. The molecule has 0 amide bonds. The molecule has 1 heterocycles. The van der Waals surface area contributed by atoms with Crippen LogP contribution in [0.2, 0.25) is 0 Å². The quantitative estimate of drug-likeness (QED) is 0.808. The smallest absolute Gasteiger partial charge is 0.414 e. The molecular formula is C21H30BNO3. The molecule has 5 heteroatoms. The van der Waals surface area contributed by atoms with Gasteiger partial charge in [-0.3, -0.25) is 0 Å². The maximum absolute atomic E-state index is 10.9. The molecule has 1 aliphatic heterocycles. The molecule has 0 radical (unpaired) electrons. The van der Waals surface area contributed by atoms with Crippen LogP contribution in [-0.4, -0.2) is 37.9 Å². The van der Waals surface area contributed by atoms with Gasteiger partial charge in [-0.1, -0.05) is 23.8 Å². The maximum atomic E-state index is 10.9. The fourth-order valence-electron chi connectivity index (χ4n) is 4.64. The molecule has 0 unspecified atom stereocenters. The minimum absolute atomic E-state index is 0.136. The molecule has 0 bridgehead atoms. The van der Waals surface area contributed by atoms with Crippen molar-refractivity contribution < 1.29 is 14.5 Å². The van der Waals surface area contributed by atoms with E-state index in [1.807, 2.05) is 19.1 Å². The van der Waals surface area contributed by atoms with Crippen molar-refractivity contribution in [3.63, 3.8) is 0 Å². The van der Waals surface area contributed by atoms with Crippen LogP contribution >= 0.6 is 0 Å². The van der Waals surface area contributed by atoms with Crippen molar-refractivity contribution in [1.29, 1.82) is 0 Å². The summed E-state index contributed by atoms with van der Waals surface area (Å²) in [5, 5.41) is 14.4. The van der Waals surface area contributed by atoms with E-state index in [1.54, 1.807) is 14.2 Å². The third kappa shape index (κ3) is 3.24. The average molecular weight is 355 g/mol. The molecule has 2 aliphatic rings. The lowest BCUT2D eigenvalue weighted by molar-refractivity contribution is 0.0532. The molecule has 0 aromatic heterocycles. The number of hydrogen-bond acceptors (Lipinski definition) is 4. The zero-order chi connectivity index (χ0) is 18.9. The van der Waals surface area contributed by atoms with Gasteiger partial charge in [-0.25, -0.2) is 0 Å². The third-order valence-electron chi connectivity index (χ3n) is 6.10. The summed E-state index contributed by atoms with van der Waals surface area (Å²) in [6.45, 7) is 6.25. The summed E-state index contributed by atoms with van der Waals surface area (Å²) < 4.78 is 11.2. The zero-order valence-electron chi connectivity index (χ0n) is 16.6. The number of nitrogens with one attached hydrogen (secondary N) is 1. The Labute approximate surface area is 157 Å². The van der Waals surface area contributed by atoms with Gasteiger partial charge in [-0.15, -0.1) is 0 Å². The highest BCUT2D eigenvalue weighted by molar-refractivity contribution is 6.72. The van der Waals surface area contributed by atoms with Gasteiger partial charge in [-0.2, -0.15) is 0 Å². The van der Waals surface area contributed by atoms with Gasteiger partial charge in [0.15, 0.2) is 0 Å². The van der Waals surface area contributed by atoms with E-state index >= 15 is 0 Å². The van der Waals surface area contributed by atoms with Crippen LogP contribution in [0.15, 0.2) is 23.8 Å². The molecule has 3 rings (SSSR count). The van der Waals surface area contributed by atoms with Crippen LogP contribution in [0, 0.1) is 6.92 Å². The van der Waals surface area contributed by atoms with Gasteiger partial charge in [0.05, 0.1) is 13.2 Å².